The number of halogens is 1. The number of rotatable bonds is 7. The Morgan fingerprint density at radius 3 is 2.79 bits per heavy atom. The SMILES string of the molecule is COc1cc(C(=O)O)cc(Br)c1OCOCC1CC1. The summed E-state index contributed by atoms with van der Waals surface area (Å²) in [4.78, 5) is 10.9. The molecule has 1 saturated carbocycles. The predicted octanol–water partition coefficient (Wildman–Crippen LogP) is 2.92. The standard InChI is InChI=1S/C13H15BrO5/c1-17-11-5-9(13(15)16)4-10(14)12(11)19-7-18-6-8-2-3-8/h4-5,8H,2-3,6-7H2,1H3,(H,15,16). The normalized spacial score (nSPS) is 14.2. The zero-order valence-corrected chi connectivity index (χ0v) is 12.1. The number of benzene rings is 1. The number of hydrogen-bond donors (Lipinski definition) is 1. The Balaban J connectivity index is 2.02. The van der Waals surface area contributed by atoms with E-state index in [1.165, 1.54) is 32.1 Å². The van der Waals surface area contributed by atoms with Crippen LogP contribution in [0.4, 0.5) is 0 Å². The molecule has 0 spiro atoms. The monoisotopic (exact) mass is 330 g/mol. The van der Waals surface area contributed by atoms with Crippen molar-refractivity contribution in [3.8, 4) is 11.5 Å². The molecule has 5 nitrogen and oxygen atoms in total. The molecule has 1 fully saturated rings. The van der Waals surface area contributed by atoms with Gasteiger partial charge in [-0.15, -0.1) is 0 Å². The summed E-state index contributed by atoms with van der Waals surface area (Å²) < 4.78 is 16.5. The average Bonchev–Trinajstić information content (AvgIpc) is 3.19. The van der Waals surface area contributed by atoms with Crippen molar-refractivity contribution in [1.82, 2.24) is 0 Å². The van der Waals surface area contributed by atoms with E-state index in [-0.39, 0.29) is 12.4 Å². The maximum absolute atomic E-state index is 10.9. The average molecular weight is 331 g/mol. The van der Waals surface area contributed by atoms with E-state index in [0.717, 1.165) is 0 Å². The van der Waals surface area contributed by atoms with Crippen molar-refractivity contribution in [2.45, 2.75) is 12.8 Å². The zero-order valence-electron chi connectivity index (χ0n) is 10.5. The van der Waals surface area contributed by atoms with E-state index in [2.05, 4.69) is 15.9 Å². The first-order valence-corrected chi connectivity index (χ1v) is 6.72. The molecule has 0 atom stereocenters. The summed E-state index contributed by atoms with van der Waals surface area (Å²) in [7, 11) is 1.46. The lowest BCUT2D eigenvalue weighted by Crippen LogP contribution is -2.07. The van der Waals surface area contributed by atoms with Gasteiger partial charge in [0.1, 0.15) is 0 Å². The van der Waals surface area contributed by atoms with Crippen molar-refractivity contribution in [3.05, 3.63) is 22.2 Å². The topological polar surface area (TPSA) is 65.0 Å². The highest BCUT2D eigenvalue weighted by atomic mass is 79.9. The third kappa shape index (κ3) is 3.84. The number of carbonyl (C=O) groups is 1. The number of aromatic carboxylic acids is 1. The summed E-state index contributed by atoms with van der Waals surface area (Å²) in [6, 6.07) is 2.89. The number of carboxylic acid groups (broad SMARTS) is 1. The Morgan fingerprint density at radius 2 is 2.21 bits per heavy atom. The highest BCUT2D eigenvalue weighted by Crippen LogP contribution is 2.37. The Kier molecular flexibility index (Phi) is 4.66. The summed E-state index contributed by atoms with van der Waals surface area (Å²) in [5.41, 5.74) is 0.134. The van der Waals surface area contributed by atoms with Crippen LogP contribution in [0.5, 0.6) is 11.5 Å². The van der Waals surface area contributed by atoms with Gasteiger partial charge >= 0.3 is 5.97 Å². The van der Waals surface area contributed by atoms with Crippen LogP contribution in [0.15, 0.2) is 16.6 Å². The van der Waals surface area contributed by atoms with E-state index in [1.807, 2.05) is 0 Å². The quantitative estimate of drug-likeness (QED) is 0.615. The molecule has 1 aromatic carbocycles. The van der Waals surface area contributed by atoms with Crippen molar-refractivity contribution in [2.75, 3.05) is 20.5 Å². The molecule has 0 unspecified atom stereocenters. The van der Waals surface area contributed by atoms with Gasteiger partial charge < -0.3 is 19.3 Å². The van der Waals surface area contributed by atoms with E-state index in [9.17, 15) is 4.79 Å². The summed E-state index contributed by atoms with van der Waals surface area (Å²) in [6.45, 7) is 0.824. The first-order chi connectivity index (χ1) is 9.11. The van der Waals surface area contributed by atoms with Gasteiger partial charge in [-0.3, -0.25) is 0 Å². The van der Waals surface area contributed by atoms with E-state index < -0.39 is 5.97 Å². The Morgan fingerprint density at radius 1 is 1.47 bits per heavy atom. The van der Waals surface area contributed by atoms with E-state index in [4.69, 9.17) is 19.3 Å². The third-order valence-corrected chi connectivity index (χ3v) is 3.40. The van der Waals surface area contributed by atoms with Crippen LogP contribution in [0.2, 0.25) is 0 Å². The fourth-order valence-electron chi connectivity index (χ4n) is 1.58. The molecule has 0 radical (unpaired) electrons. The fourth-order valence-corrected chi connectivity index (χ4v) is 2.14. The highest BCUT2D eigenvalue weighted by Gasteiger charge is 2.21. The van der Waals surface area contributed by atoms with E-state index >= 15 is 0 Å². The second-order valence-electron chi connectivity index (χ2n) is 4.37. The number of ether oxygens (including phenoxy) is 3. The zero-order chi connectivity index (χ0) is 13.8. The van der Waals surface area contributed by atoms with Crippen LogP contribution in [0.3, 0.4) is 0 Å². The molecular formula is C13H15BrO5. The van der Waals surface area contributed by atoms with Gasteiger partial charge in [-0.25, -0.2) is 4.79 Å². The van der Waals surface area contributed by atoms with Crippen LogP contribution in [0, 0.1) is 5.92 Å². The second kappa shape index (κ2) is 6.25. The van der Waals surface area contributed by atoms with Crippen LogP contribution in [0.25, 0.3) is 0 Å². The molecule has 0 amide bonds. The highest BCUT2D eigenvalue weighted by molar-refractivity contribution is 9.10. The van der Waals surface area contributed by atoms with E-state index in [0.29, 0.717) is 28.5 Å². The molecule has 1 aromatic rings. The van der Waals surface area contributed by atoms with Crippen molar-refractivity contribution in [1.29, 1.82) is 0 Å². The fraction of sp³-hybridized carbons (Fsp3) is 0.462. The second-order valence-corrected chi connectivity index (χ2v) is 5.23. The Hall–Kier alpha value is -1.27. The minimum absolute atomic E-state index is 0.123. The van der Waals surface area contributed by atoms with Gasteiger partial charge in [-0.1, -0.05) is 0 Å². The lowest BCUT2D eigenvalue weighted by Gasteiger charge is -2.13. The van der Waals surface area contributed by atoms with Gasteiger partial charge in [0.2, 0.25) is 0 Å². The maximum atomic E-state index is 10.9. The maximum Gasteiger partial charge on any atom is 0.335 e. The number of methoxy groups -OCH3 is 1. The van der Waals surface area contributed by atoms with Gasteiger partial charge in [0, 0.05) is 0 Å². The third-order valence-electron chi connectivity index (χ3n) is 2.81. The van der Waals surface area contributed by atoms with Crippen LogP contribution in [0.1, 0.15) is 23.2 Å². The predicted molar refractivity (Wildman–Crippen MR) is 71.8 cm³/mol. The minimum atomic E-state index is -1.02. The Bertz CT molecular complexity index is 470. The summed E-state index contributed by atoms with van der Waals surface area (Å²) in [5, 5.41) is 8.96. The molecule has 1 N–H and O–H groups in total. The van der Waals surface area contributed by atoms with Crippen LogP contribution in [-0.2, 0) is 4.74 Å². The summed E-state index contributed by atoms with van der Waals surface area (Å²) >= 11 is 3.28. The van der Waals surface area contributed by atoms with Crippen LogP contribution >= 0.6 is 15.9 Å². The molecule has 1 aliphatic carbocycles. The van der Waals surface area contributed by atoms with Crippen LogP contribution in [-0.4, -0.2) is 31.6 Å². The van der Waals surface area contributed by atoms with Crippen molar-refractivity contribution in [3.63, 3.8) is 0 Å². The van der Waals surface area contributed by atoms with Gasteiger partial charge in [-0.05, 0) is 46.8 Å². The van der Waals surface area contributed by atoms with Crippen molar-refractivity contribution >= 4 is 21.9 Å². The first kappa shape index (κ1) is 14.1. The number of hydrogen-bond acceptors (Lipinski definition) is 4. The molecule has 0 aliphatic heterocycles. The summed E-state index contributed by atoms with van der Waals surface area (Å²) in [6.07, 6.45) is 2.45. The van der Waals surface area contributed by atoms with Crippen molar-refractivity contribution in [2.24, 2.45) is 5.92 Å². The summed E-state index contributed by atoms with van der Waals surface area (Å²) in [5.74, 6) is 0.462. The van der Waals surface area contributed by atoms with Crippen molar-refractivity contribution < 1.29 is 24.1 Å². The smallest absolute Gasteiger partial charge is 0.335 e. The first-order valence-electron chi connectivity index (χ1n) is 5.93. The molecule has 19 heavy (non-hydrogen) atoms. The molecule has 0 bridgehead atoms. The van der Waals surface area contributed by atoms with E-state index in [1.54, 1.807) is 0 Å². The molecule has 2 rings (SSSR count). The molecule has 1 aliphatic rings. The molecule has 6 heteroatoms. The number of carboxylic acids is 1. The largest absolute Gasteiger partial charge is 0.493 e. The molecule has 0 heterocycles. The van der Waals surface area contributed by atoms with Crippen LogP contribution < -0.4 is 9.47 Å². The lowest BCUT2D eigenvalue weighted by atomic mass is 10.2. The molecule has 104 valence electrons. The molecule has 0 aromatic heterocycles. The van der Waals surface area contributed by atoms with Gasteiger partial charge in [0.15, 0.2) is 18.3 Å². The van der Waals surface area contributed by atoms with Gasteiger partial charge in [0.05, 0.1) is 23.8 Å². The molecular weight excluding hydrogens is 316 g/mol. The van der Waals surface area contributed by atoms with Gasteiger partial charge in [-0.2, -0.15) is 0 Å². The molecule has 0 saturated heterocycles. The lowest BCUT2D eigenvalue weighted by molar-refractivity contribution is 0.00822. The minimum Gasteiger partial charge on any atom is -0.493 e. The Labute approximate surface area is 119 Å². The van der Waals surface area contributed by atoms with Gasteiger partial charge in [0.25, 0.3) is 0 Å².